The Labute approximate surface area is 147 Å². The fourth-order valence-electron chi connectivity index (χ4n) is 3.54. The number of benzene rings is 1. The number of nitrogens with one attached hydrogen (secondary N) is 2. The summed E-state index contributed by atoms with van der Waals surface area (Å²) in [7, 11) is 0. The molecule has 2 aliphatic rings. The van der Waals surface area contributed by atoms with E-state index in [0.29, 0.717) is 30.0 Å². The zero-order valence-corrected chi connectivity index (χ0v) is 14.0. The Morgan fingerprint density at radius 1 is 1.31 bits per heavy atom. The standard InChI is InChI=1S/C18H16FN3O4/c1-2-6-22-15-14(16(23)21-18(22)25)12(9-4-3-5-10(19)7-9)13-11(20-15)8-26-17(13)24/h3-5,7,12,20H,2,6,8H2,1H3,(H,21,23,25)/t12-/m1/s1. The number of carbonyl (C=O) groups is 1. The summed E-state index contributed by atoms with van der Waals surface area (Å²) in [6.45, 7) is 2.31. The summed E-state index contributed by atoms with van der Waals surface area (Å²) < 4.78 is 20.4. The molecular formula is C18H16FN3O4. The van der Waals surface area contributed by atoms with E-state index in [9.17, 15) is 18.8 Å². The number of anilines is 1. The Morgan fingerprint density at radius 2 is 2.12 bits per heavy atom. The molecule has 26 heavy (non-hydrogen) atoms. The summed E-state index contributed by atoms with van der Waals surface area (Å²) in [5, 5.41) is 3.02. The van der Waals surface area contributed by atoms with Crippen molar-refractivity contribution in [2.45, 2.75) is 25.8 Å². The lowest BCUT2D eigenvalue weighted by Gasteiger charge is -2.28. The first kappa shape index (κ1) is 16.3. The molecular weight excluding hydrogens is 341 g/mol. The van der Waals surface area contributed by atoms with Crippen LogP contribution in [0, 0.1) is 5.82 Å². The molecule has 2 aromatic rings. The maximum atomic E-state index is 13.8. The van der Waals surface area contributed by atoms with Crippen LogP contribution < -0.4 is 16.6 Å². The zero-order valence-electron chi connectivity index (χ0n) is 14.0. The number of hydrogen-bond acceptors (Lipinski definition) is 5. The van der Waals surface area contributed by atoms with Crippen molar-refractivity contribution in [3.63, 3.8) is 0 Å². The van der Waals surface area contributed by atoms with Gasteiger partial charge in [-0.3, -0.25) is 14.3 Å². The highest BCUT2D eigenvalue weighted by Crippen LogP contribution is 2.42. The number of cyclic esters (lactones) is 1. The van der Waals surface area contributed by atoms with Crippen LogP contribution in [-0.2, 0) is 16.1 Å². The van der Waals surface area contributed by atoms with Gasteiger partial charge in [-0.2, -0.15) is 0 Å². The molecule has 0 unspecified atom stereocenters. The average molecular weight is 357 g/mol. The number of fused-ring (bicyclic) bond motifs is 1. The van der Waals surface area contributed by atoms with Crippen LogP contribution in [0.1, 0.15) is 30.4 Å². The molecule has 0 bridgehead atoms. The lowest BCUT2D eigenvalue weighted by atomic mass is 9.83. The Hall–Kier alpha value is -3.16. The van der Waals surface area contributed by atoms with E-state index in [0.717, 1.165) is 0 Å². The number of rotatable bonds is 3. The van der Waals surface area contributed by atoms with Crippen molar-refractivity contribution in [3.8, 4) is 0 Å². The molecule has 1 aromatic heterocycles. The van der Waals surface area contributed by atoms with Crippen molar-refractivity contribution < 1.29 is 13.9 Å². The highest BCUT2D eigenvalue weighted by molar-refractivity contribution is 5.96. The molecule has 0 aliphatic carbocycles. The summed E-state index contributed by atoms with van der Waals surface area (Å²) in [5.74, 6) is -1.51. The summed E-state index contributed by atoms with van der Waals surface area (Å²) in [5.41, 5.74) is 0.287. The van der Waals surface area contributed by atoms with Crippen molar-refractivity contribution in [3.05, 3.63) is 73.3 Å². The summed E-state index contributed by atoms with van der Waals surface area (Å²) >= 11 is 0. The molecule has 134 valence electrons. The summed E-state index contributed by atoms with van der Waals surface area (Å²) in [6, 6.07) is 5.73. The normalized spacial score (nSPS) is 18.2. The van der Waals surface area contributed by atoms with E-state index < -0.39 is 29.0 Å². The van der Waals surface area contributed by atoms with Crippen LogP contribution in [-0.4, -0.2) is 22.1 Å². The van der Waals surface area contributed by atoms with Crippen molar-refractivity contribution in [1.29, 1.82) is 0 Å². The van der Waals surface area contributed by atoms with Gasteiger partial charge in [-0.05, 0) is 24.1 Å². The van der Waals surface area contributed by atoms with Crippen LogP contribution in [0.15, 0.2) is 45.1 Å². The molecule has 0 radical (unpaired) electrons. The van der Waals surface area contributed by atoms with Crippen LogP contribution in [0.25, 0.3) is 0 Å². The molecule has 0 spiro atoms. The third kappa shape index (κ3) is 2.37. The van der Waals surface area contributed by atoms with Crippen molar-refractivity contribution in [2.24, 2.45) is 0 Å². The number of aromatic amines is 1. The minimum absolute atomic E-state index is 0.0204. The first-order chi connectivity index (χ1) is 12.5. The average Bonchev–Trinajstić information content (AvgIpc) is 2.98. The maximum Gasteiger partial charge on any atom is 0.337 e. The lowest BCUT2D eigenvalue weighted by molar-refractivity contribution is -0.136. The highest BCUT2D eigenvalue weighted by atomic mass is 19.1. The predicted molar refractivity (Wildman–Crippen MR) is 91.5 cm³/mol. The van der Waals surface area contributed by atoms with Crippen LogP contribution >= 0.6 is 0 Å². The minimum Gasteiger partial charge on any atom is -0.456 e. The van der Waals surface area contributed by atoms with Crippen molar-refractivity contribution in [1.82, 2.24) is 9.55 Å². The molecule has 2 aliphatic heterocycles. The van der Waals surface area contributed by atoms with E-state index in [2.05, 4.69) is 10.3 Å². The predicted octanol–water partition coefficient (Wildman–Crippen LogP) is 1.45. The number of ether oxygens (including phenoxy) is 1. The topological polar surface area (TPSA) is 93.2 Å². The molecule has 3 heterocycles. The number of H-pyrrole nitrogens is 1. The van der Waals surface area contributed by atoms with Gasteiger partial charge in [-0.15, -0.1) is 0 Å². The van der Waals surface area contributed by atoms with Crippen LogP contribution in [0.5, 0.6) is 0 Å². The van der Waals surface area contributed by atoms with Gasteiger partial charge in [0.15, 0.2) is 0 Å². The molecule has 0 saturated heterocycles. The van der Waals surface area contributed by atoms with Gasteiger partial charge in [0.2, 0.25) is 0 Å². The molecule has 7 nitrogen and oxygen atoms in total. The van der Waals surface area contributed by atoms with E-state index in [4.69, 9.17) is 4.74 Å². The lowest BCUT2D eigenvalue weighted by Crippen LogP contribution is -2.38. The molecule has 4 rings (SSSR count). The van der Waals surface area contributed by atoms with E-state index in [-0.39, 0.29) is 17.7 Å². The highest BCUT2D eigenvalue weighted by Gasteiger charge is 2.41. The number of nitrogens with zero attached hydrogens (tertiary/aromatic N) is 1. The van der Waals surface area contributed by atoms with Crippen LogP contribution in [0.3, 0.4) is 0 Å². The molecule has 0 saturated carbocycles. The van der Waals surface area contributed by atoms with Gasteiger partial charge >= 0.3 is 11.7 Å². The molecule has 1 atom stereocenters. The molecule has 1 aromatic carbocycles. The molecule has 0 fully saturated rings. The van der Waals surface area contributed by atoms with Gasteiger partial charge in [-0.1, -0.05) is 19.1 Å². The van der Waals surface area contributed by atoms with Gasteiger partial charge in [0, 0.05) is 6.54 Å². The van der Waals surface area contributed by atoms with E-state index in [1.165, 1.54) is 22.8 Å². The van der Waals surface area contributed by atoms with E-state index in [1.807, 2.05) is 6.92 Å². The number of esters is 1. The van der Waals surface area contributed by atoms with Crippen molar-refractivity contribution >= 4 is 11.8 Å². The number of aromatic nitrogens is 2. The smallest absolute Gasteiger partial charge is 0.337 e. The maximum absolute atomic E-state index is 13.8. The number of halogens is 1. The summed E-state index contributed by atoms with van der Waals surface area (Å²) in [4.78, 5) is 39.5. The Bertz CT molecular complexity index is 1070. The Balaban J connectivity index is 2.04. The minimum atomic E-state index is -0.806. The van der Waals surface area contributed by atoms with Crippen LogP contribution in [0.2, 0.25) is 0 Å². The molecule has 2 N–H and O–H groups in total. The van der Waals surface area contributed by atoms with Gasteiger partial charge in [0.25, 0.3) is 5.56 Å². The SMILES string of the molecule is CCCn1c2c(c(=O)[nH]c1=O)[C@H](c1cccc(F)c1)C1=C(COC1=O)N2. The van der Waals surface area contributed by atoms with Gasteiger partial charge in [0.1, 0.15) is 18.2 Å². The molecule has 0 amide bonds. The van der Waals surface area contributed by atoms with E-state index >= 15 is 0 Å². The molecule has 8 heteroatoms. The fraction of sp³-hybridized carbons (Fsp3) is 0.278. The quantitative estimate of drug-likeness (QED) is 0.811. The van der Waals surface area contributed by atoms with Gasteiger partial charge in [-0.25, -0.2) is 14.0 Å². The van der Waals surface area contributed by atoms with Gasteiger partial charge < -0.3 is 10.1 Å². The van der Waals surface area contributed by atoms with Crippen molar-refractivity contribution in [2.75, 3.05) is 11.9 Å². The largest absolute Gasteiger partial charge is 0.456 e. The fourth-order valence-corrected chi connectivity index (χ4v) is 3.54. The number of hydrogen-bond donors (Lipinski definition) is 2. The first-order valence-electron chi connectivity index (χ1n) is 8.31. The van der Waals surface area contributed by atoms with Crippen LogP contribution in [0.4, 0.5) is 10.2 Å². The second-order valence-corrected chi connectivity index (χ2v) is 6.25. The van der Waals surface area contributed by atoms with E-state index in [1.54, 1.807) is 6.07 Å². The Morgan fingerprint density at radius 3 is 2.85 bits per heavy atom. The monoisotopic (exact) mass is 357 g/mol. The third-order valence-electron chi connectivity index (χ3n) is 4.60. The van der Waals surface area contributed by atoms with Gasteiger partial charge in [0.05, 0.1) is 22.8 Å². The summed E-state index contributed by atoms with van der Waals surface area (Å²) in [6.07, 6.45) is 0.673. The number of carbonyl (C=O) groups excluding carboxylic acids is 1. The Kier molecular flexibility index (Phi) is 3.75. The zero-order chi connectivity index (χ0) is 18.4. The third-order valence-corrected chi connectivity index (χ3v) is 4.60. The first-order valence-corrected chi connectivity index (χ1v) is 8.31. The second-order valence-electron chi connectivity index (χ2n) is 6.25. The second kappa shape index (κ2) is 5.98.